The van der Waals surface area contributed by atoms with E-state index in [0.717, 1.165) is 18.8 Å². The number of methoxy groups -OCH3 is 1. The molecular formula is C18H30N2O. The Hall–Kier alpha value is -1.06. The highest BCUT2D eigenvalue weighted by Gasteiger charge is 2.28. The minimum absolute atomic E-state index is 0.328. The zero-order valence-electron chi connectivity index (χ0n) is 13.9. The molecule has 3 heteroatoms. The fourth-order valence-corrected chi connectivity index (χ4v) is 3.52. The van der Waals surface area contributed by atoms with Gasteiger partial charge in [0.1, 0.15) is 5.75 Å². The zero-order valence-corrected chi connectivity index (χ0v) is 13.9. The zero-order chi connectivity index (χ0) is 15.2. The molecule has 1 aromatic carbocycles. The molecule has 118 valence electrons. The predicted octanol–water partition coefficient (Wildman–Crippen LogP) is 3.61. The van der Waals surface area contributed by atoms with Gasteiger partial charge < -0.3 is 10.1 Å². The van der Waals surface area contributed by atoms with Gasteiger partial charge >= 0.3 is 0 Å². The van der Waals surface area contributed by atoms with Crippen molar-refractivity contribution >= 4 is 0 Å². The summed E-state index contributed by atoms with van der Waals surface area (Å²) in [6.07, 6.45) is 3.99. The van der Waals surface area contributed by atoms with Gasteiger partial charge in [-0.3, -0.25) is 4.90 Å². The van der Waals surface area contributed by atoms with Crippen LogP contribution in [0.25, 0.3) is 0 Å². The maximum atomic E-state index is 5.56. The minimum Gasteiger partial charge on any atom is -0.496 e. The van der Waals surface area contributed by atoms with Crippen LogP contribution >= 0.6 is 0 Å². The Morgan fingerprint density at radius 1 is 1.24 bits per heavy atom. The van der Waals surface area contributed by atoms with Gasteiger partial charge in [0, 0.05) is 30.2 Å². The van der Waals surface area contributed by atoms with Gasteiger partial charge in [-0.25, -0.2) is 0 Å². The highest BCUT2D eigenvalue weighted by Crippen LogP contribution is 2.29. The number of likely N-dealkylation sites (N-methyl/N-ethyl adjacent to an activating group) is 1. The van der Waals surface area contributed by atoms with Gasteiger partial charge in [-0.2, -0.15) is 0 Å². The Labute approximate surface area is 129 Å². The second kappa shape index (κ2) is 7.81. The molecule has 1 unspecified atom stereocenters. The van der Waals surface area contributed by atoms with Gasteiger partial charge in [-0.1, -0.05) is 31.5 Å². The summed E-state index contributed by atoms with van der Waals surface area (Å²) in [7, 11) is 1.76. The van der Waals surface area contributed by atoms with Crippen molar-refractivity contribution in [2.45, 2.75) is 58.2 Å². The fourth-order valence-electron chi connectivity index (χ4n) is 3.52. The molecule has 1 aliphatic heterocycles. The second-order valence-electron chi connectivity index (χ2n) is 6.18. The average molecular weight is 290 g/mol. The highest BCUT2D eigenvalue weighted by molar-refractivity contribution is 5.36. The molecule has 0 bridgehead atoms. The quantitative estimate of drug-likeness (QED) is 0.866. The summed E-state index contributed by atoms with van der Waals surface area (Å²) >= 11 is 0. The molecule has 1 aliphatic rings. The topological polar surface area (TPSA) is 24.5 Å². The monoisotopic (exact) mass is 290 g/mol. The summed E-state index contributed by atoms with van der Waals surface area (Å²) < 4.78 is 5.56. The van der Waals surface area contributed by atoms with E-state index in [0.29, 0.717) is 18.1 Å². The Kier molecular flexibility index (Phi) is 6.07. The van der Waals surface area contributed by atoms with Crippen LogP contribution in [-0.4, -0.2) is 37.2 Å². The first-order valence-corrected chi connectivity index (χ1v) is 8.29. The van der Waals surface area contributed by atoms with E-state index in [2.05, 4.69) is 49.2 Å². The highest BCUT2D eigenvalue weighted by atomic mass is 16.5. The number of para-hydroxylation sites is 1. The lowest BCUT2D eigenvalue weighted by Gasteiger charge is -2.41. The Balaban J connectivity index is 2.18. The third kappa shape index (κ3) is 3.98. The molecule has 1 aromatic rings. The largest absolute Gasteiger partial charge is 0.496 e. The van der Waals surface area contributed by atoms with Crippen molar-refractivity contribution in [1.82, 2.24) is 10.2 Å². The Morgan fingerprint density at radius 3 is 2.52 bits per heavy atom. The molecule has 0 aliphatic carbocycles. The molecule has 0 saturated carbocycles. The van der Waals surface area contributed by atoms with E-state index < -0.39 is 0 Å². The second-order valence-corrected chi connectivity index (χ2v) is 6.18. The van der Waals surface area contributed by atoms with Crippen LogP contribution in [0.4, 0.5) is 0 Å². The van der Waals surface area contributed by atoms with Gasteiger partial charge in [-0.15, -0.1) is 0 Å². The number of hydrogen-bond donors (Lipinski definition) is 1. The van der Waals surface area contributed by atoms with E-state index in [1.165, 1.54) is 24.8 Å². The predicted molar refractivity (Wildman–Crippen MR) is 88.9 cm³/mol. The average Bonchev–Trinajstić information content (AvgIpc) is 2.50. The standard InChI is InChI=1S/C18H30N2O/c1-5-19-17(16-11-6-7-12-18(16)21-4)13-20-14(2)9-8-10-15(20)3/h6-7,11-12,14-15,17,19H,5,8-10,13H2,1-4H3/t14-,15+,17?. The number of piperidine rings is 1. The van der Waals surface area contributed by atoms with Gasteiger partial charge in [0.05, 0.1) is 7.11 Å². The third-order valence-electron chi connectivity index (χ3n) is 4.73. The van der Waals surface area contributed by atoms with Crippen LogP contribution in [-0.2, 0) is 0 Å². The molecule has 1 N–H and O–H groups in total. The minimum atomic E-state index is 0.328. The lowest BCUT2D eigenvalue weighted by atomic mass is 9.95. The van der Waals surface area contributed by atoms with Crippen molar-refractivity contribution in [2.75, 3.05) is 20.2 Å². The number of benzene rings is 1. The summed E-state index contributed by atoms with van der Waals surface area (Å²) in [6.45, 7) is 8.92. The van der Waals surface area contributed by atoms with E-state index in [9.17, 15) is 0 Å². The number of rotatable bonds is 6. The molecule has 0 spiro atoms. The lowest BCUT2D eigenvalue weighted by Crippen LogP contribution is -2.47. The van der Waals surface area contributed by atoms with Crippen LogP contribution < -0.4 is 10.1 Å². The van der Waals surface area contributed by atoms with E-state index in [1.807, 2.05) is 6.07 Å². The van der Waals surface area contributed by atoms with Crippen molar-refractivity contribution < 1.29 is 4.74 Å². The van der Waals surface area contributed by atoms with Crippen molar-refractivity contribution in [1.29, 1.82) is 0 Å². The van der Waals surface area contributed by atoms with E-state index >= 15 is 0 Å². The number of nitrogens with one attached hydrogen (secondary N) is 1. The smallest absolute Gasteiger partial charge is 0.123 e. The van der Waals surface area contributed by atoms with E-state index in [1.54, 1.807) is 7.11 Å². The van der Waals surface area contributed by atoms with Gasteiger partial charge in [0.2, 0.25) is 0 Å². The third-order valence-corrected chi connectivity index (χ3v) is 4.73. The molecule has 3 nitrogen and oxygen atoms in total. The molecule has 2 rings (SSSR count). The maximum Gasteiger partial charge on any atom is 0.123 e. The lowest BCUT2D eigenvalue weighted by molar-refractivity contribution is 0.0907. The number of nitrogens with zero attached hydrogens (tertiary/aromatic N) is 1. The first-order chi connectivity index (χ1) is 10.2. The van der Waals surface area contributed by atoms with Gasteiger partial charge in [-0.05, 0) is 39.3 Å². The fraction of sp³-hybridized carbons (Fsp3) is 0.667. The summed E-state index contributed by atoms with van der Waals surface area (Å²) in [6, 6.07) is 10.1. The SMILES string of the molecule is CCNC(CN1[C@H](C)CCC[C@@H]1C)c1ccccc1OC. The van der Waals surface area contributed by atoms with E-state index in [-0.39, 0.29) is 0 Å². The number of likely N-dealkylation sites (tertiary alicyclic amines) is 1. The Bertz CT molecular complexity index is 425. The number of ether oxygens (including phenoxy) is 1. The van der Waals surface area contributed by atoms with Crippen molar-refractivity contribution in [3.63, 3.8) is 0 Å². The molecule has 0 radical (unpaired) electrons. The molecule has 1 saturated heterocycles. The summed E-state index contributed by atoms with van der Waals surface area (Å²) in [5, 5.41) is 3.64. The van der Waals surface area contributed by atoms with Crippen molar-refractivity contribution in [3.05, 3.63) is 29.8 Å². The van der Waals surface area contributed by atoms with Crippen LogP contribution in [0.2, 0.25) is 0 Å². The van der Waals surface area contributed by atoms with Crippen molar-refractivity contribution in [2.24, 2.45) is 0 Å². The Morgan fingerprint density at radius 2 is 1.90 bits per heavy atom. The molecular weight excluding hydrogens is 260 g/mol. The molecule has 0 amide bonds. The summed E-state index contributed by atoms with van der Waals surface area (Å²) in [5.74, 6) is 0.987. The normalized spacial score (nSPS) is 24.8. The van der Waals surface area contributed by atoms with Crippen LogP contribution in [0.1, 0.15) is 51.6 Å². The molecule has 3 atom stereocenters. The first kappa shape index (κ1) is 16.3. The summed E-state index contributed by atoms with van der Waals surface area (Å²) in [4.78, 5) is 2.66. The van der Waals surface area contributed by atoms with Gasteiger partial charge in [0.25, 0.3) is 0 Å². The maximum absolute atomic E-state index is 5.56. The molecule has 1 heterocycles. The van der Waals surface area contributed by atoms with Crippen LogP contribution in [0, 0.1) is 0 Å². The number of hydrogen-bond acceptors (Lipinski definition) is 3. The van der Waals surface area contributed by atoms with Gasteiger partial charge in [0.15, 0.2) is 0 Å². The molecule has 1 fully saturated rings. The summed E-state index contributed by atoms with van der Waals surface area (Å²) in [5.41, 5.74) is 1.27. The van der Waals surface area contributed by atoms with E-state index in [4.69, 9.17) is 4.74 Å². The van der Waals surface area contributed by atoms with Crippen LogP contribution in [0.3, 0.4) is 0 Å². The molecule has 0 aromatic heterocycles. The molecule has 21 heavy (non-hydrogen) atoms. The first-order valence-electron chi connectivity index (χ1n) is 8.29. The van der Waals surface area contributed by atoms with Crippen LogP contribution in [0.5, 0.6) is 5.75 Å². The van der Waals surface area contributed by atoms with Crippen molar-refractivity contribution in [3.8, 4) is 5.75 Å². The van der Waals surface area contributed by atoms with Crippen LogP contribution in [0.15, 0.2) is 24.3 Å².